The molecule has 1 unspecified atom stereocenters. The summed E-state index contributed by atoms with van der Waals surface area (Å²) >= 11 is 0. The zero-order chi connectivity index (χ0) is 9.84. The molecule has 0 aromatic carbocycles. The molecule has 0 bridgehead atoms. The molecule has 0 aliphatic carbocycles. The van der Waals surface area contributed by atoms with E-state index in [9.17, 15) is 4.79 Å². The normalized spacial score (nSPS) is 22.0. The van der Waals surface area contributed by atoms with Crippen molar-refractivity contribution in [3.05, 3.63) is 0 Å². The van der Waals surface area contributed by atoms with E-state index in [0.29, 0.717) is 6.04 Å². The summed E-state index contributed by atoms with van der Waals surface area (Å²) in [5, 5.41) is 0. The average Bonchev–Trinajstić information content (AvgIpc) is 2.50. The molecular weight excluding hydrogens is 164 g/mol. The van der Waals surface area contributed by atoms with Gasteiger partial charge in [-0.3, -0.25) is 4.79 Å². The lowest BCUT2D eigenvalue weighted by atomic mass is 10.2. The maximum Gasteiger partial charge on any atom is 0.298 e. The number of nitrogens with zero attached hydrogens (tertiary/aromatic N) is 2. The molecule has 0 aromatic rings. The standard InChI is InChI=1S/C10H16N2O/c1-4-10(13)12-7-5-6-9(12)8-11(2)3/h1,9H,5-8H2,2-3H3. The van der Waals surface area contributed by atoms with Gasteiger partial charge in [0.1, 0.15) is 0 Å². The Morgan fingerprint density at radius 2 is 2.38 bits per heavy atom. The molecule has 1 aliphatic heterocycles. The van der Waals surface area contributed by atoms with Crippen LogP contribution in [0.3, 0.4) is 0 Å². The molecule has 13 heavy (non-hydrogen) atoms. The van der Waals surface area contributed by atoms with E-state index in [0.717, 1.165) is 25.9 Å². The highest BCUT2D eigenvalue weighted by molar-refractivity contribution is 5.93. The van der Waals surface area contributed by atoms with Crippen LogP contribution in [0.15, 0.2) is 0 Å². The highest BCUT2D eigenvalue weighted by Gasteiger charge is 2.27. The first-order valence-corrected chi connectivity index (χ1v) is 4.57. The van der Waals surface area contributed by atoms with Gasteiger partial charge < -0.3 is 9.80 Å². The summed E-state index contributed by atoms with van der Waals surface area (Å²) in [6, 6.07) is 0.318. The molecule has 72 valence electrons. The zero-order valence-electron chi connectivity index (χ0n) is 8.29. The molecular formula is C10H16N2O. The molecule has 3 nitrogen and oxygen atoms in total. The second kappa shape index (κ2) is 4.29. The quantitative estimate of drug-likeness (QED) is 0.566. The molecule has 1 aliphatic rings. The topological polar surface area (TPSA) is 23.6 Å². The van der Waals surface area contributed by atoms with Gasteiger partial charge in [-0.05, 0) is 32.9 Å². The molecule has 3 heteroatoms. The predicted molar refractivity (Wildman–Crippen MR) is 52.1 cm³/mol. The van der Waals surface area contributed by atoms with E-state index in [1.165, 1.54) is 0 Å². The number of carbonyl (C=O) groups excluding carboxylic acids is 1. The number of amides is 1. The zero-order valence-corrected chi connectivity index (χ0v) is 8.29. The number of terminal acetylenes is 1. The summed E-state index contributed by atoms with van der Waals surface area (Å²) < 4.78 is 0. The molecule has 1 atom stereocenters. The van der Waals surface area contributed by atoms with E-state index in [-0.39, 0.29) is 5.91 Å². The maximum absolute atomic E-state index is 11.3. The van der Waals surface area contributed by atoms with Gasteiger partial charge >= 0.3 is 0 Å². The molecule has 1 saturated heterocycles. The monoisotopic (exact) mass is 180 g/mol. The molecule has 1 amide bonds. The fourth-order valence-electron chi connectivity index (χ4n) is 1.80. The lowest BCUT2D eigenvalue weighted by Gasteiger charge is -2.25. The Bertz CT molecular complexity index is 230. The van der Waals surface area contributed by atoms with Gasteiger partial charge in [-0.15, -0.1) is 6.42 Å². The summed E-state index contributed by atoms with van der Waals surface area (Å²) in [5.41, 5.74) is 0. The maximum atomic E-state index is 11.3. The van der Waals surface area contributed by atoms with E-state index >= 15 is 0 Å². The van der Waals surface area contributed by atoms with Crippen LogP contribution >= 0.6 is 0 Å². The fraction of sp³-hybridized carbons (Fsp3) is 0.700. The molecule has 0 radical (unpaired) electrons. The van der Waals surface area contributed by atoms with Crippen molar-refractivity contribution in [2.75, 3.05) is 27.2 Å². The van der Waals surface area contributed by atoms with Crippen LogP contribution in [0.5, 0.6) is 0 Å². The Kier molecular flexibility index (Phi) is 3.32. The van der Waals surface area contributed by atoms with E-state index in [1.807, 2.05) is 14.1 Å². The van der Waals surface area contributed by atoms with E-state index in [4.69, 9.17) is 6.42 Å². The largest absolute Gasteiger partial charge is 0.328 e. The van der Waals surface area contributed by atoms with Gasteiger partial charge in [0.2, 0.25) is 0 Å². The van der Waals surface area contributed by atoms with Crippen LogP contribution in [-0.4, -0.2) is 48.9 Å². The summed E-state index contributed by atoms with van der Waals surface area (Å²) in [5.74, 6) is 2.02. The van der Waals surface area contributed by atoms with Crippen molar-refractivity contribution in [3.63, 3.8) is 0 Å². The number of likely N-dealkylation sites (N-methyl/N-ethyl adjacent to an activating group) is 1. The van der Waals surface area contributed by atoms with Crippen LogP contribution in [0.4, 0.5) is 0 Å². The smallest absolute Gasteiger partial charge is 0.298 e. The minimum absolute atomic E-state index is 0.163. The molecule has 0 spiro atoms. The summed E-state index contributed by atoms with van der Waals surface area (Å²) in [7, 11) is 4.02. The van der Waals surface area contributed by atoms with Crippen molar-refractivity contribution >= 4 is 5.91 Å². The number of carbonyl (C=O) groups is 1. The average molecular weight is 180 g/mol. The minimum atomic E-state index is -0.163. The van der Waals surface area contributed by atoms with Crippen molar-refractivity contribution < 1.29 is 4.79 Å². The van der Waals surface area contributed by atoms with Crippen LogP contribution in [0, 0.1) is 12.3 Å². The molecule has 1 heterocycles. The van der Waals surface area contributed by atoms with Crippen LogP contribution in [-0.2, 0) is 4.79 Å². The van der Waals surface area contributed by atoms with Gasteiger partial charge in [-0.1, -0.05) is 0 Å². The number of rotatable bonds is 2. The Labute approximate surface area is 79.7 Å². The van der Waals surface area contributed by atoms with Gasteiger partial charge in [-0.25, -0.2) is 0 Å². The van der Waals surface area contributed by atoms with Crippen molar-refractivity contribution in [3.8, 4) is 12.3 Å². The van der Waals surface area contributed by atoms with Gasteiger partial charge in [0, 0.05) is 19.1 Å². The van der Waals surface area contributed by atoms with E-state index in [2.05, 4.69) is 10.8 Å². The molecule has 1 rings (SSSR count). The number of likely N-dealkylation sites (tertiary alicyclic amines) is 1. The summed E-state index contributed by atoms with van der Waals surface area (Å²) in [6.07, 6.45) is 7.24. The summed E-state index contributed by atoms with van der Waals surface area (Å²) in [6.45, 7) is 1.73. The Balaban J connectivity index is 2.54. The first-order chi connectivity index (χ1) is 6.15. The minimum Gasteiger partial charge on any atom is -0.328 e. The van der Waals surface area contributed by atoms with Crippen molar-refractivity contribution in [2.24, 2.45) is 0 Å². The second-order valence-corrected chi connectivity index (χ2v) is 3.70. The van der Waals surface area contributed by atoms with Gasteiger partial charge in [0.05, 0.1) is 0 Å². The third-order valence-corrected chi connectivity index (χ3v) is 2.34. The van der Waals surface area contributed by atoms with Gasteiger partial charge in [-0.2, -0.15) is 0 Å². The molecule has 0 N–H and O–H groups in total. The van der Waals surface area contributed by atoms with E-state index < -0.39 is 0 Å². The SMILES string of the molecule is C#CC(=O)N1CCCC1CN(C)C. The van der Waals surface area contributed by atoms with Crippen molar-refractivity contribution in [1.82, 2.24) is 9.80 Å². The lowest BCUT2D eigenvalue weighted by Crippen LogP contribution is -2.40. The van der Waals surface area contributed by atoms with Crippen molar-refractivity contribution in [2.45, 2.75) is 18.9 Å². The Hall–Kier alpha value is -1.01. The van der Waals surface area contributed by atoms with E-state index in [1.54, 1.807) is 4.90 Å². The number of hydrogen-bond acceptors (Lipinski definition) is 2. The first kappa shape index (κ1) is 10.1. The molecule has 0 aromatic heterocycles. The third kappa shape index (κ3) is 2.46. The van der Waals surface area contributed by atoms with Crippen LogP contribution in [0.1, 0.15) is 12.8 Å². The van der Waals surface area contributed by atoms with Gasteiger partial charge in [0.25, 0.3) is 5.91 Å². The van der Waals surface area contributed by atoms with Crippen LogP contribution in [0.2, 0.25) is 0 Å². The first-order valence-electron chi connectivity index (χ1n) is 4.57. The second-order valence-electron chi connectivity index (χ2n) is 3.70. The summed E-state index contributed by atoms with van der Waals surface area (Å²) in [4.78, 5) is 15.2. The fourth-order valence-corrected chi connectivity index (χ4v) is 1.80. The number of hydrogen-bond donors (Lipinski definition) is 0. The van der Waals surface area contributed by atoms with Crippen molar-refractivity contribution in [1.29, 1.82) is 0 Å². The highest BCUT2D eigenvalue weighted by atomic mass is 16.2. The van der Waals surface area contributed by atoms with Gasteiger partial charge in [0.15, 0.2) is 0 Å². The predicted octanol–water partition coefficient (Wildman–Crippen LogP) is 0.172. The molecule has 1 fully saturated rings. The Morgan fingerprint density at radius 1 is 1.69 bits per heavy atom. The lowest BCUT2D eigenvalue weighted by molar-refractivity contribution is -0.126. The van der Waals surface area contributed by atoms with Crippen LogP contribution < -0.4 is 0 Å². The molecule has 0 saturated carbocycles. The van der Waals surface area contributed by atoms with Crippen LogP contribution in [0.25, 0.3) is 0 Å². The third-order valence-electron chi connectivity index (χ3n) is 2.34. The highest BCUT2D eigenvalue weighted by Crippen LogP contribution is 2.17. The Morgan fingerprint density at radius 3 is 2.92 bits per heavy atom.